The quantitative estimate of drug-likeness (QED) is 0.686. The molecule has 0 spiro atoms. The maximum Gasteiger partial charge on any atom is 0.256 e. The first-order chi connectivity index (χ1) is 11.1. The molecule has 0 atom stereocenters. The maximum absolute atomic E-state index is 13.5. The SMILES string of the molecule is O=C(Nc1ccc(Cl)cc1)c1ccccc1-c1cccc(F)c1. The fraction of sp³-hybridized carbons (Fsp3) is 0. The Hall–Kier alpha value is -2.65. The van der Waals surface area contributed by atoms with Crippen LogP contribution in [-0.2, 0) is 0 Å². The number of hydrogen-bond acceptors (Lipinski definition) is 1. The van der Waals surface area contributed by atoms with Gasteiger partial charge in [-0.15, -0.1) is 0 Å². The summed E-state index contributed by atoms with van der Waals surface area (Å²) in [5.41, 5.74) is 2.46. The summed E-state index contributed by atoms with van der Waals surface area (Å²) >= 11 is 5.84. The Morgan fingerprint density at radius 2 is 1.65 bits per heavy atom. The minimum atomic E-state index is -0.338. The zero-order valence-corrected chi connectivity index (χ0v) is 12.8. The summed E-state index contributed by atoms with van der Waals surface area (Å²) < 4.78 is 13.5. The number of hydrogen-bond donors (Lipinski definition) is 1. The second kappa shape index (κ2) is 6.63. The zero-order chi connectivity index (χ0) is 16.2. The van der Waals surface area contributed by atoms with Gasteiger partial charge in [0.05, 0.1) is 0 Å². The number of halogens is 2. The zero-order valence-electron chi connectivity index (χ0n) is 12.1. The van der Waals surface area contributed by atoms with Crippen molar-refractivity contribution in [1.29, 1.82) is 0 Å². The summed E-state index contributed by atoms with van der Waals surface area (Å²) in [6.07, 6.45) is 0. The van der Waals surface area contributed by atoms with Crippen LogP contribution in [0.2, 0.25) is 5.02 Å². The monoisotopic (exact) mass is 325 g/mol. The number of carbonyl (C=O) groups excluding carboxylic acids is 1. The Morgan fingerprint density at radius 3 is 2.39 bits per heavy atom. The highest BCUT2D eigenvalue weighted by Crippen LogP contribution is 2.25. The van der Waals surface area contributed by atoms with Crippen molar-refractivity contribution in [1.82, 2.24) is 0 Å². The molecule has 114 valence electrons. The molecule has 0 unspecified atom stereocenters. The predicted molar refractivity (Wildman–Crippen MR) is 91.2 cm³/mol. The predicted octanol–water partition coefficient (Wildman–Crippen LogP) is 5.40. The highest BCUT2D eigenvalue weighted by Gasteiger charge is 2.13. The number of rotatable bonds is 3. The molecule has 0 aliphatic rings. The van der Waals surface area contributed by atoms with Crippen molar-refractivity contribution in [2.24, 2.45) is 0 Å². The standard InChI is InChI=1S/C19H13ClFNO/c20-14-8-10-16(11-9-14)22-19(23)18-7-2-1-6-17(18)13-4-3-5-15(21)12-13/h1-12H,(H,22,23). The van der Waals surface area contributed by atoms with Gasteiger partial charge in [0.2, 0.25) is 0 Å². The third-order valence-electron chi connectivity index (χ3n) is 3.41. The van der Waals surface area contributed by atoms with Gasteiger partial charge in [-0.2, -0.15) is 0 Å². The van der Waals surface area contributed by atoms with Crippen LogP contribution in [0.15, 0.2) is 72.8 Å². The minimum Gasteiger partial charge on any atom is -0.322 e. The molecule has 0 radical (unpaired) electrons. The lowest BCUT2D eigenvalue weighted by atomic mass is 9.99. The third kappa shape index (κ3) is 3.58. The molecule has 23 heavy (non-hydrogen) atoms. The van der Waals surface area contributed by atoms with E-state index in [1.807, 2.05) is 6.07 Å². The molecule has 0 aromatic heterocycles. The summed E-state index contributed by atoms with van der Waals surface area (Å²) in [5.74, 6) is -0.595. The molecule has 0 saturated carbocycles. The fourth-order valence-electron chi connectivity index (χ4n) is 2.32. The largest absolute Gasteiger partial charge is 0.322 e. The van der Waals surface area contributed by atoms with Crippen molar-refractivity contribution in [2.75, 3.05) is 5.32 Å². The van der Waals surface area contributed by atoms with Gasteiger partial charge in [0.15, 0.2) is 0 Å². The lowest BCUT2D eigenvalue weighted by Crippen LogP contribution is -2.13. The molecule has 0 aliphatic heterocycles. The van der Waals surface area contributed by atoms with Crippen molar-refractivity contribution in [3.05, 3.63) is 89.2 Å². The first-order valence-corrected chi connectivity index (χ1v) is 7.43. The van der Waals surface area contributed by atoms with Crippen LogP contribution in [0.5, 0.6) is 0 Å². The summed E-state index contributed by atoms with van der Waals surface area (Å²) in [7, 11) is 0. The number of anilines is 1. The molecule has 0 saturated heterocycles. The van der Waals surface area contributed by atoms with Crippen molar-refractivity contribution in [3.8, 4) is 11.1 Å². The van der Waals surface area contributed by atoms with Gasteiger partial charge in [0, 0.05) is 16.3 Å². The van der Waals surface area contributed by atoms with Gasteiger partial charge >= 0.3 is 0 Å². The normalized spacial score (nSPS) is 10.3. The molecule has 2 nitrogen and oxygen atoms in total. The molecule has 1 N–H and O–H groups in total. The van der Waals surface area contributed by atoms with Crippen molar-refractivity contribution < 1.29 is 9.18 Å². The maximum atomic E-state index is 13.5. The van der Waals surface area contributed by atoms with Crippen LogP contribution in [0.3, 0.4) is 0 Å². The van der Waals surface area contributed by atoms with Crippen LogP contribution in [0.25, 0.3) is 11.1 Å². The van der Waals surface area contributed by atoms with Crippen molar-refractivity contribution >= 4 is 23.2 Å². The molecule has 1 amide bonds. The Morgan fingerprint density at radius 1 is 0.913 bits per heavy atom. The van der Waals surface area contributed by atoms with Crippen LogP contribution in [0.4, 0.5) is 10.1 Å². The summed E-state index contributed by atoms with van der Waals surface area (Å²) in [6.45, 7) is 0. The topological polar surface area (TPSA) is 29.1 Å². The van der Waals surface area contributed by atoms with Crippen LogP contribution in [-0.4, -0.2) is 5.91 Å². The van der Waals surface area contributed by atoms with E-state index < -0.39 is 0 Å². The number of amides is 1. The molecule has 3 rings (SSSR count). The van der Waals surface area contributed by atoms with Gasteiger partial charge in [0.25, 0.3) is 5.91 Å². The second-order valence-electron chi connectivity index (χ2n) is 5.02. The molecule has 3 aromatic rings. The minimum absolute atomic E-state index is 0.257. The van der Waals surface area contributed by atoms with Gasteiger partial charge in [-0.05, 0) is 53.6 Å². The average Bonchev–Trinajstić information content (AvgIpc) is 2.57. The van der Waals surface area contributed by atoms with E-state index in [-0.39, 0.29) is 11.7 Å². The number of carbonyl (C=O) groups is 1. The fourth-order valence-corrected chi connectivity index (χ4v) is 2.45. The van der Waals surface area contributed by atoms with Crippen LogP contribution in [0, 0.1) is 5.82 Å². The van der Waals surface area contributed by atoms with E-state index in [4.69, 9.17) is 11.6 Å². The van der Waals surface area contributed by atoms with Gasteiger partial charge in [-0.3, -0.25) is 4.79 Å². The van der Waals surface area contributed by atoms with Gasteiger partial charge in [0.1, 0.15) is 5.82 Å². The molecule has 0 aliphatic carbocycles. The Labute approximate surface area is 138 Å². The smallest absolute Gasteiger partial charge is 0.256 e. The summed E-state index contributed by atoms with van der Waals surface area (Å²) in [5, 5.41) is 3.42. The molecule has 0 heterocycles. The molecular weight excluding hydrogens is 313 g/mol. The van der Waals surface area contributed by atoms with E-state index in [0.717, 1.165) is 0 Å². The Kier molecular flexibility index (Phi) is 4.40. The average molecular weight is 326 g/mol. The second-order valence-corrected chi connectivity index (χ2v) is 5.45. The van der Waals surface area contributed by atoms with E-state index >= 15 is 0 Å². The lowest BCUT2D eigenvalue weighted by Gasteiger charge is -2.10. The van der Waals surface area contributed by atoms with Crippen molar-refractivity contribution in [2.45, 2.75) is 0 Å². The molecule has 0 bridgehead atoms. The van der Waals surface area contributed by atoms with Crippen LogP contribution in [0.1, 0.15) is 10.4 Å². The van der Waals surface area contributed by atoms with E-state index in [1.165, 1.54) is 12.1 Å². The van der Waals surface area contributed by atoms with Crippen molar-refractivity contribution in [3.63, 3.8) is 0 Å². The number of nitrogens with one attached hydrogen (secondary N) is 1. The van der Waals surface area contributed by atoms with E-state index in [1.54, 1.807) is 54.6 Å². The molecule has 4 heteroatoms. The highest BCUT2D eigenvalue weighted by molar-refractivity contribution is 6.30. The van der Waals surface area contributed by atoms with E-state index in [2.05, 4.69) is 5.32 Å². The van der Waals surface area contributed by atoms with Gasteiger partial charge in [-0.25, -0.2) is 4.39 Å². The highest BCUT2D eigenvalue weighted by atomic mass is 35.5. The van der Waals surface area contributed by atoms with Crippen LogP contribution >= 0.6 is 11.6 Å². The lowest BCUT2D eigenvalue weighted by molar-refractivity contribution is 0.102. The first-order valence-electron chi connectivity index (χ1n) is 7.05. The molecule has 3 aromatic carbocycles. The number of benzene rings is 3. The van der Waals surface area contributed by atoms with Gasteiger partial charge in [-0.1, -0.05) is 41.9 Å². The van der Waals surface area contributed by atoms with E-state index in [0.29, 0.717) is 27.4 Å². The Balaban J connectivity index is 1.93. The molecular formula is C19H13ClFNO. The Bertz CT molecular complexity index is 846. The van der Waals surface area contributed by atoms with Crippen LogP contribution < -0.4 is 5.32 Å². The first kappa shape index (κ1) is 15.3. The summed E-state index contributed by atoms with van der Waals surface area (Å²) in [4.78, 5) is 12.5. The summed E-state index contributed by atoms with van der Waals surface area (Å²) in [6, 6.07) is 20.2. The van der Waals surface area contributed by atoms with E-state index in [9.17, 15) is 9.18 Å². The van der Waals surface area contributed by atoms with Gasteiger partial charge < -0.3 is 5.32 Å². The third-order valence-corrected chi connectivity index (χ3v) is 3.66. The molecule has 0 fully saturated rings.